The highest BCUT2D eigenvalue weighted by molar-refractivity contribution is 8.02. The lowest BCUT2D eigenvalue weighted by Gasteiger charge is -2.19. The zero-order chi connectivity index (χ0) is 15.8. The minimum absolute atomic E-state index is 0.513. The highest BCUT2D eigenvalue weighted by Crippen LogP contribution is 2.33. The van der Waals surface area contributed by atoms with Crippen LogP contribution in [0.1, 0.15) is 5.56 Å². The maximum Gasteiger partial charge on any atom is 0.214 e. The van der Waals surface area contributed by atoms with Gasteiger partial charge in [0.2, 0.25) is 5.16 Å². The Bertz CT molecular complexity index is 907. The van der Waals surface area contributed by atoms with Crippen LogP contribution in [0, 0.1) is 0 Å². The van der Waals surface area contributed by atoms with E-state index in [0.717, 1.165) is 22.0 Å². The number of fused-ring (bicyclic) bond motifs is 1. The molecule has 5 nitrogen and oxygen atoms in total. The Hall–Kier alpha value is -2.02. The Morgan fingerprint density at radius 2 is 1.96 bits per heavy atom. The average Bonchev–Trinajstić information content (AvgIpc) is 3.01. The van der Waals surface area contributed by atoms with Crippen molar-refractivity contribution in [2.45, 2.75) is 5.16 Å². The lowest BCUT2D eigenvalue weighted by Crippen LogP contribution is -2.18. The zero-order valence-electron chi connectivity index (χ0n) is 11.6. The molecule has 0 saturated heterocycles. The molecule has 0 saturated carbocycles. The van der Waals surface area contributed by atoms with Gasteiger partial charge in [0.1, 0.15) is 0 Å². The molecule has 4 rings (SSSR count). The summed E-state index contributed by atoms with van der Waals surface area (Å²) in [5.74, 6) is 0.700. The summed E-state index contributed by atoms with van der Waals surface area (Å²) in [7, 11) is 0. The summed E-state index contributed by atoms with van der Waals surface area (Å²) in [6.07, 6.45) is 3.47. The van der Waals surface area contributed by atoms with Gasteiger partial charge in [-0.05, 0) is 24.3 Å². The molecular weight excluding hydrogens is 353 g/mol. The molecule has 0 aliphatic carbocycles. The third-order valence-electron chi connectivity index (χ3n) is 3.30. The third-order valence-corrected chi connectivity index (χ3v) is 4.87. The molecule has 8 heteroatoms. The second-order valence-corrected chi connectivity index (χ2v) is 6.42. The molecule has 0 unspecified atom stereocenters. The molecule has 3 heterocycles. The zero-order valence-corrected chi connectivity index (χ0v) is 13.9. The van der Waals surface area contributed by atoms with Crippen LogP contribution < -0.4 is 5.43 Å². The Kier molecular flexibility index (Phi) is 3.72. The topological polar surface area (TPSA) is 55.6 Å². The molecule has 0 spiro atoms. The fraction of sp³-hybridized carbons (Fsp3) is 0. The van der Waals surface area contributed by atoms with Gasteiger partial charge in [-0.15, -0.1) is 10.2 Å². The summed E-state index contributed by atoms with van der Waals surface area (Å²) in [6.45, 7) is 0. The summed E-state index contributed by atoms with van der Waals surface area (Å²) >= 11 is 13.6. The lowest BCUT2D eigenvalue weighted by atomic mass is 10.2. The molecule has 0 radical (unpaired) electrons. The van der Waals surface area contributed by atoms with Gasteiger partial charge >= 0.3 is 0 Å². The number of nitrogens with one attached hydrogen (secondary N) is 1. The maximum absolute atomic E-state index is 6.11. The normalized spacial score (nSPS) is 13.2. The largest absolute Gasteiger partial charge is 0.289 e. The molecule has 1 N–H and O–H groups in total. The minimum Gasteiger partial charge on any atom is -0.289 e. The maximum atomic E-state index is 6.11. The van der Waals surface area contributed by atoms with Crippen molar-refractivity contribution in [1.29, 1.82) is 0 Å². The first-order valence-electron chi connectivity index (χ1n) is 6.67. The lowest BCUT2D eigenvalue weighted by molar-refractivity contribution is 0.825. The van der Waals surface area contributed by atoms with E-state index in [-0.39, 0.29) is 0 Å². The first-order valence-corrected chi connectivity index (χ1v) is 8.31. The van der Waals surface area contributed by atoms with Gasteiger partial charge in [-0.25, -0.2) is 4.68 Å². The van der Waals surface area contributed by atoms with E-state index < -0.39 is 0 Å². The fourth-order valence-corrected chi connectivity index (χ4v) is 3.22. The standard InChI is InChI=1S/C15H9Cl2N5S/c16-11-4-3-9(6-12(11)17)13-8-23-15-20-19-14(22(15)21-13)10-2-1-5-18-7-10/h1-8,21H. The molecule has 0 bridgehead atoms. The number of hydrogen-bond donors (Lipinski definition) is 1. The van der Waals surface area contributed by atoms with E-state index in [2.05, 4.69) is 20.6 Å². The second kappa shape index (κ2) is 5.88. The molecule has 1 aliphatic rings. The van der Waals surface area contributed by atoms with Crippen LogP contribution >= 0.6 is 35.0 Å². The average molecular weight is 362 g/mol. The van der Waals surface area contributed by atoms with Crippen LogP contribution in [0.15, 0.2) is 53.3 Å². The molecule has 2 aromatic heterocycles. The summed E-state index contributed by atoms with van der Waals surface area (Å²) in [5, 5.41) is 12.2. The van der Waals surface area contributed by atoms with Crippen LogP contribution in [-0.4, -0.2) is 19.9 Å². The van der Waals surface area contributed by atoms with Gasteiger partial charge in [0.25, 0.3) is 0 Å². The van der Waals surface area contributed by atoms with Gasteiger partial charge in [0.05, 0.1) is 15.7 Å². The molecule has 0 fully saturated rings. The highest BCUT2D eigenvalue weighted by Gasteiger charge is 2.19. The number of benzene rings is 1. The first kappa shape index (κ1) is 14.6. The van der Waals surface area contributed by atoms with Crippen molar-refractivity contribution < 1.29 is 0 Å². The molecule has 1 aliphatic heterocycles. The highest BCUT2D eigenvalue weighted by atomic mass is 35.5. The van der Waals surface area contributed by atoms with E-state index >= 15 is 0 Å². The van der Waals surface area contributed by atoms with E-state index in [1.54, 1.807) is 18.5 Å². The number of hydrogen-bond acceptors (Lipinski definition) is 5. The summed E-state index contributed by atoms with van der Waals surface area (Å²) in [4.78, 5) is 4.13. The fourth-order valence-electron chi connectivity index (χ4n) is 2.18. The van der Waals surface area contributed by atoms with Crippen molar-refractivity contribution in [3.63, 3.8) is 0 Å². The summed E-state index contributed by atoms with van der Waals surface area (Å²) < 4.78 is 1.83. The van der Waals surface area contributed by atoms with Gasteiger partial charge in [0.15, 0.2) is 5.82 Å². The van der Waals surface area contributed by atoms with Crippen LogP contribution in [0.3, 0.4) is 0 Å². The summed E-state index contributed by atoms with van der Waals surface area (Å²) in [6, 6.07) is 9.31. The van der Waals surface area contributed by atoms with Crippen LogP contribution in [0.2, 0.25) is 10.0 Å². The monoisotopic (exact) mass is 361 g/mol. The van der Waals surface area contributed by atoms with Gasteiger partial charge in [0, 0.05) is 28.9 Å². The van der Waals surface area contributed by atoms with Gasteiger partial charge in [-0.1, -0.05) is 41.0 Å². The number of aromatic nitrogens is 4. The second-order valence-electron chi connectivity index (χ2n) is 4.77. The quantitative estimate of drug-likeness (QED) is 0.737. The number of rotatable bonds is 2. The Morgan fingerprint density at radius 1 is 1.04 bits per heavy atom. The smallest absolute Gasteiger partial charge is 0.214 e. The first-order chi connectivity index (χ1) is 11.2. The van der Waals surface area contributed by atoms with Crippen molar-refractivity contribution >= 4 is 40.7 Å². The van der Waals surface area contributed by atoms with Crippen LogP contribution in [-0.2, 0) is 0 Å². The molecule has 114 valence electrons. The Balaban J connectivity index is 1.71. The third kappa shape index (κ3) is 2.69. The van der Waals surface area contributed by atoms with E-state index in [4.69, 9.17) is 23.2 Å². The molecule has 0 atom stereocenters. The number of halogens is 2. The molecular formula is C15H9Cl2N5S. The minimum atomic E-state index is 0.513. The molecule has 23 heavy (non-hydrogen) atoms. The molecule has 0 amide bonds. The van der Waals surface area contributed by atoms with E-state index in [1.165, 1.54) is 11.8 Å². The Labute approximate surface area is 146 Å². The van der Waals surface area contributed by atoms with Crippen LogP contribution in [0.25, 0.3) is 17.1 Å². The summed E-state index contributed by atoms with van der Waals surface area (Å²) in [5.41, 5.74) is 6.02. The number of pyridine rings is 1. The molecule has 3 aromatic rings. The number of thioether (sulfide) groups is 1. The number of nitrogens with zero attached hydrogens (tertiary/aromatic N) is 4. The van der Waals surface area contributed by atoms with Crippen molar-refractivity contribution in [3.8, 4) is 11.4 Å². The van der Waals surface area contributed by atoms with E-state index in [9.17, 15) is 0 Å². The van der Waals surface area contributed by atoms with Crippen molar-refractivity contribution in [2.75, 3.05) is 5.43 Å². The van der Waals surface area contributed by atoms with Gasteiger partial charge in [-0.3, -0.25) is 10.4 Å². The van der Waals surface area contributed by atoms with E-state index in [1.807, 2.05) is 34.3 Å². The van der Waals surface area contributed by atoms with Crippen LogP contribution in [0.4, 0.5) is 0 Å². The van der Waals surface area contributed by atoms with Crippen molar-refractivity contribution in [2.24, 2.45) is 0 Å². The molecule has 1 aromatic carbocycles. The van der Waals surface area contributed by atoms with Crippen molar-refractivity contribution in [3.05, 3.63) is 63.7 Å². The Morgan fingerprint density at radius 3 is 2.74 bits per heavy atom. The SMILES string of the molecule is Clc1ccc(C2=CSc3nnc(-c4cccnc4)n3N2)cc1Cl. The predicted molar refractivity (Wildman–Crippen MR) is 92.9 cm³/mol. The van der Waals surface area contributed by atoms with Crippen LogP contribution in [0.5, 0.6) is 0 Å². The van der Waals surface area contributed by atoms with Crippen molar-refractivity contribution in [1.82, 2.24) is 19.9 Å². The predicted octanol–water partition coefficient (Wildman–Crippen LogP) is 4.29. The van der Waals surface area contributed by atoms with Gasteiger partial charge in [-0.2, -0.15) is 0 Å². The van der Waals surface area contributed by atoms with Gasteiger partial charge < -0.3 is 0 Å². The van der Waals surface area contributed by atoms with E-state index in [0.29, 0.717) is 15.9 Å².